The van der Waals surface area contributed by atoms with Crippen LogP contribution in [0.5, 0.6) is 0 Å². The van der Waals surface area contributed by atoms with Crippen LogP contribution >= 0.6 is 0 Å². The molecule has 6 nitrogen and oxygen atoms in total. The van der Waals surface area contributed by atoms with Crippen molar-refractivity contribution in [2.24, 2.45) is 0 Å². The Balaban J connectivity index is 1.54. The second kappa shape index (κ2) is 6.28. The minimum absolute atomic E-state index is 0.219. The van der Waals surface area contributed by atoms with Crippen LogP contribution in [0.1, 0.15) is 43.0 Å². The molecule has 1 aromatic rings. The first-order valence-electron chi connectivity index (χ1n) is 7.73. The molecule has 1 saturated heterocycles. The lowest BCUT2D eigenvalue weighted by Gasteiger charge is -2.27. The monoisotopic (exact) mass is 290 g/mol. The molecule has 2 aliphatic rings. The Kier molecular flexibility index (Phi) is 4.22. The standard InChI is InChI=1S/C15H22N4O2/c1-11-10-13(12-4-2-5-12)18-14(17-11)16-6-8-19-7-3-9-21-15(19)20/h10,12H,2-9H2,1H3,(H,16,17,18). The Morgan fingerprint density at radius 3 is 2.95 bits per heavy atom. The summed E-state index contributed by atoms with van der Waals surface area (Å²) in [4.78, 5) is 22.3. The molecule has 1 aliphatic carbocycles. The van der Waals surface area contributed by atoms with Gasteiger partial charge in [-0.2, -0.15) is 0 Å². The average molecular weight is 290 g/mol. The summed E-state index contributed by atoms with van der Waals surface area (Å²) in [7, 11) is 0. The van der Waals surface area contributed by atoms with Gasteiger partial charge in [0.15, 0.2) is 0 Å². The number of rotatable bonds is 5. The van der Waals surface area contributed by atoms with Gasteiger partial charge >= 0.3 is 6.09 Å². The zero-order valence-electron chi connectivity index (χ0n) is 12.5. The van der Waals surface area contributed by atoms with Gasteiger partial charge in [0.2, 0.25) is 5.95 Å². The van der Waals surface area contributed by atoms with Crippen LogP contribution < -0.4 is 5.32 Å². The number of anilines is 1. The predicted octanol–water partition coefficient (Wildman–Crippen LogP) is 2.31. The first-order valence-corrected chi connectivity index (χ1v) is 7.73. The fourth-order valence-corrected chi connectivity index (χ4v) is 2.69. The fraction of sp³-hybridized carbons (Fsp3) is 0.667. The third-order valence-electron chi connectivity index (χ3n) is 4.12. The lowest BCUT2D eigenvalue weighted by molar-refractivity contribution is 0.0746. The van der Waals surface area contributed by atoms with Crippen molar-refractivity contribution in [2.75, 3.05) is 31.6 Å². The van der Waals surface area contributed by atoms with E-state index < -0.39 is 0 Å². The molecule has 0 spiro atoms. The topological polar surface area (TPSA) is 67.3 Å². The van der Waals surface area contributed by atoms with Gasteiger partial charge < -0.3 is 15.0 Å². The molecular formula is C15H22N4O2. The van der Waals surface area contributed by atoms with Crippen LogP contribution in [0.4, 0.5) is 10.7 Å². The number of carbonyl (C=O) groups is 1. The molecule has 21 heavy (non-hydrogen) atoms. The van der Waals surface area contributed by atoms with E-state index in [-0.39, 0.29) is 6.09 Å². The highest BCUT2D eigenvalue weighted by molar-refractivity contribution is 5.68. The summed E-state index contributed by atoms with van der Waals surface area (Å²) in [6, 6.07) is 2.08. The van der Waals surface area contributed by atoms with E-state index in [1.165, 1.54) is 19.3 Å². The van der Waals surface area contributed by atoms with Crippen LogP contribution in [0.2, 0.25) is 0 Å². The van der Waals surface area contributed by atoms with Gasteiger partial charge in [-0.1, -0.05) is 6.42 Å². The number of hydrogen-bond acceptors (Lipinski definition) is 5. The maximum atomic E-state index is 11.5. The van der Waals surface area contributed by atoms with Crippen molar-refractivity contribution in [1.82, 2.24) is 14.9 Å². The van der Waals surface area contributed by atoms with Crippen molar-refractivity contribution < 1.29 is 9.53 Å². The summed E-state index contributed by atoms with van der Waals surface area (Å²) in [5.74, 6) is 1.27. The predicted molar refractivity (Wildman–Crippen MR) is 79.4 cm³/mol. The van der Waals surface area contributed by atoms with E-state index in [0.29, 0.717) is 31.6 Å². The number of carbonyl (C=O) groups excluding carboxylic acids is 1. The molecule has 1 amide bonds. The fourth-order valence-electron chi connectivity index (χ4n) is 2.69. The number of hydrogen-bond donors (Lipinski definition) is 1. The van der Waals surface area contributed by atoms with Gasteiger partial charge in [0, 0.05) is 36.9 Å². The summed E-state index contributed by atoms with van der Waals surface area (Å²) in [5, 5.41) is 3.23. The van der Waals surface area contributed by atoms with E-state index in [1.807, 2.05) is 6.92 Å². The summed E-state index contributed by atoms with van der Waals surface area (Å²) in [6.07, 6.45) is 4.44. The largest absolute Gasteiger partial charge is 0.449 e. The minimum Gasteiger partial charge on any atom is -0.449 e. The van der Waals surface area contributed by atoms with Gasteiger partial charge in [-0.05, 0) is 32.3 Å². The molecule has 1 aliphatic heterocycles. The maximum Gasteiger partial charge on any atom is 0.409 e. The van der Waals surface area contributed by atoms with Gasteiger partial charge in [0.1, 0.15) is 0 Å². The molecule has 2 heterocycles. The molecular weight excluding hydrogens is 268 g/mol. The third-order valence-corrected chi connectivity index (χ3v) is 4.12. The van der Waals surface area contributed by atoms with E-state index in [9.17, 15) is 4.79 Å². The second-order valence-electron chi connectivity index (χ2n) is 5.77. The van der Waals surface area contributed by atoms with Crippen LogP contribution in [0.3, 0.4) is 0 Å². The molecule has 114 valence electrons. The highest BCUT2D eigenvalue weighted by Crippen LogP contribution is 2.35. The molecule has 0 bridgehead atoms. The average Bonchev–Trinajstić information content (AvgIpc) is 2.38. The number of aromatic nitrogens is 2. The van der Waals surface area contributed by atoms with E-state index >= 15 is 0 Å². The van der Waals surface area contributed by atoms with E-state index in [1.54, 1.807) is 4.90 Å². The highest BCUT2D eigenvalue weighted by Gasteiger charge is 2.22. The number of nitrogens with one attached hydrogen (secondary N) is 1. The summed E-state index contributed by atoms with van der Waals surface area (Å²) in [6.45, 7) is 4.56. The molecule has 0 atom stereocenters. The Bertz CT molecular complexity index is 516. The van der Waals surface area contributed by atoms with Crippen LogP contribution in [0, 0.1) is 6.92 Å². The van der Waals surface area contributed by atoms with Crippen molar-refractivity contribution in [3.63, 3.8) is 0 Å². The Morgan fingerprint density at radius 1 is 1.38 bits per heavy atom. The molecule has 2 fully saturated rings. The van der Waals surface area contributed by atoms with Crippen molar-refractivity contribution in [2.45, 2.75) is 38.5 Å². The molecule has 1 saturated carbocycles. The molecule has 0 unspecified atom stereocenters. The Morgan fingerprint density at radius 2 is 2.24 bits per heavy atom. The number of nitrogens with zero attached hydrogens (tertiary/aromatic N) is 3. The van der Waals surface area contributed by atoms with Crippen LogP contribution in [-0.4, -0.2) is 47.2 Å². The van der Waals surface area contributed by atoms with Crippen molar-refractivity contribution in [1.29, 1.82) is 0 Å². The normalized spacial score (nSPS) is 19.1. The Hall–Kier alpha value is -1.85. The zero-order chi connectivity index (χ0) is 14.7. The summed E-state index contributed by atoms with van der Waals surface area (Å²) in [5.41, 5.74) is 2.14. The molecule has 1 aromatic heterocycles. The van der Waals surface area contributed by atoms with Crippen LogP contribution in [-0.2, 0) is 4.74 Å². The SMILES string of the molecule is Cc1cc(C2CCC2)nc(NCCN2CCCOC2=O)n1. The Labute approximate surface area is 124 Å². The van der Waals surface area contributed by atoms with Gasteiger partial charge in [-0.25, -0.2) is 14.8 Å². The van der Waals surface area contributed by atoms with E-state index in [2.05, 4.69) is 21.4 Å². The van der Waals surface area contributed by atoms with Crippen molar-refractivity contribution in [3.8, 4) is 0 Å². The van der Waals surface area contributed by atoms with E-state index in [4.69, 9.17) is 4.74 Å². The first-order chi connectivity index (χ1) is 10.2. The smallest absolute Gasteiger partial charge is 0.409 e. The lowest BCUT2D eigenvalue weighted by Crippen LogP contribution is -2.40. The van der Waals surface area contributed by atoms with Gasteiger partial charge in [0.25, 0.3) is 0 Å². The van der Waals surface area contributed by atoms with Gasteiger partial charge in [-0.3, -0.25) is 0 Å². The summed E-state index contributed by atoms with van der Waals surface area (Å²) < 4.78 is 5.01. The minimum atomic E-state index is -0.219. The lowest BCUT2D eigenvalue weighted by atomic mass is 9.83. The third kappa shape index (κ3) is 3.43. The zero-order valence-corrected chi connectivity index (χ0v) is 12.5. The quantitative estimate of drug-likeness (QED) is 0.901. The number of ether oxygens (including phenoxy) is 1. The first kappa shape index (κ1) is 14.1. The number of amides is 1. The van der Waals surface area contributed by atoms with Crippen LogP contribution in [0.25, 0.3) is 0 Å². The van der Waals surface area contributed by atoms with Gasteiger partial charge in [-0.15, -0.1) is 0 Å². The summed E-state index contributed by atoms with van der Waals surface area (Å²) >= 11 is 0. The second-order valence-corrected chi connectivity index (χ2v) is 5.77. The molecule has 6 heteroatoms. The maximum absolute atomic E-state index is 11.5. The van der Waals surface area contributed by atoms with Crippen molar-refractivity contribution >= 4 is 12.0 Å². The molecule has 1 N–H and O–H groups in total. The number of aryl methyl sites for hydroxylation is 1. The highest BCUT2D eigenvalue weighted by atomic mass is 16.6. The van der Waals surface area contributed by atoms with Crippen LogP contribution in [0.15, 0.2) is 6.07 Å². The molecule has 3 rings (SSSR count). The van der Waals surface area contributed by atoms with Gasteiger partial charge in [0.05, 0.1) is 6.61 Å². The van der Waals surface area contributed by atoms with Crippen molar-refractivity contribution in [3.05, 3.63) is 17.5 Å². The van der Waals surface area contributed by atoms with E-state index in [0.717, 1.165) is 24.4 Å². The molecule has 0 radical (unpaired) electrons. The number of cyclic esters (lactones) is 1. The molecule has 0 aromatic carbocycles.